The fourth-order valence-electron chi connectivity index (χ4n) is 16.0. The summed E-state index contributed by atoms with van der Waals surface area (Å²) in [7, 11) is -8.21. The summed E-state index contributed by atoms with van der Waals surface area (Å²) < 4.78 is 82.7. The van der Waals surface area contributed by atoms with Crippen molar-refractivity contribution >= 4 is 54.5 Å². The van der Waals surface area contributed by atoms with E-state index in [1.807, 2.05) is 70.2 Å². The standard InChI is InChI=1S/C40H40N2O7S2.C36H36N2O5/c43-28-13-11-25(12-14-28)6-5-21-50(44,45)29-15-16-32-35(24-29)51(46,47)49-40(32)33-22-26-7-1-17-41-19-3-9-30(36(26)41)38(33)48-39-31-10-4-20-42-18-2-8-27(37(31)42)23-34(39)40;1-5-37-30-19-33-28(16-21(30)3)36(29-17-22(4)31(38-6-2)20-34(29)42-33)27-15-12-24(18-26(27)35(41)43-36)32(40)9-7-8-23-10-13-25(39)14-11-23/h11-16,22-24,43H,1-10,17-21H2;10-20,37-39H,5-9H2,1-4H3. The molecular weight excluding hydrogens is 1220 g/mol. The molecule has 8 aromatic rings. The van der Waals surface area contributed by atoms with Crippen LogP contribution in [-0.2, 0) is 78.6 Å². The molecular formula is C76H76N4O12S2. The van der Waals surface area contributed by atoms with E-state index in [9.17, 15) is 36.6 Å². The van der Waals surface area contributed by atoms with Gasteiger partial charge in [0, 0.05) is 131 Å². The summed E-state index contributed by atoms with van der Waals surface area (Å²) in [6.45, 7) is 13.6. The maximum absolute atomic E-state index is 14.4. The molecule has 484 valence electrons. The number of anilines is 4. The van der Waals surface area contributed by atoms with E-state index < -0.39 is 37.1 Å². The Bertz CT molecular complexity index is 4550. The Labute approximate surface area is 548 Å². The first-order valence-corrected chi connectivity index (χ1v) is 36.3. The van der Waals surface area contributed by atoms with E-state index in [-0.39, 0.29) is 32.8 Å². The number of Topliss-reactive ketones (excluding diaryl/α,β-unsaturated/α-hetero) is 1. The van der Waals surface area contributed by atoms with Crippen LogP contribution in [0.25, 0.3) is 0 Å². The molecule has 0 atom stereocenters. The van der Waals surface area contributed by atoms with Crippen LogP contribution >= 0.6 is 0 Å². The maximum atomic E-state index is 14.4. The Hall–Kier alpha value is -8.84. The lowest BCUT2D eigenvalue weighted by Crippen LogP contribution is -2.40. The van der Waals surface area contributed by atoms with Gasteiger partial charge in [-0.3, -0.25) is 4.79 Å². The molecule has 8 aromatic carbocycles. The molecule has 8 aliphatic heterocycles. The van der Waals surface area contributed by atoms with Crippen LogP contribution in [0, 0.1) is 13.8 Å². The molecule has 0 saturated heterocycles. The van der Waals surface area contributed by atoms with Crippen molar-refractivity contribution in [3.05, 3.63) is 210 Å². The van der Waals surface area contributed by atoms with Crippen molar-refractivity contribution in [2.24, 2.45) is 0 Å². The second-order valence-corrected chi connectivity index (χ2v) is 29.8. The third-order valence-electron chi connectivity index (χ3n) is 20.3. The molecule has 0 aromatic heterocycles. The van der Waals surface area contributed by atoms with Gasteiger partial charge in [-0.15, -0.1) is 0 Å². The number of aryl methyl sites for hydroxylation is 6. The number of phenols is 2. The highest BCUT2D eigenvalue weighted by Crippen LogP contribution is 2.64. The summed E-state index contributed by atoms with van der Waals surface area (Å²) >= 11 is 0. The first-order chi connectivity index (χ1) is 45.4. The van der Waals surface area contributed by atoms with Gasteiger partial charge in [0.15, 0.2) is 26.8 Å². The largest absolute Gasteiger partial charge is 0.508 e. The Morgan fingerprint density at radius 2 is 1.11 bits per heavy atom. The summed E-state index contributed by atoms with van der Waals surface area (Å²) in [4.78, 5) is 31.7. The Morgan fingerprint density at radius 3 is 1.65 bits per heavy atom. The van der Waals surface area contributed by atoms with E-state index in [0.717, 1.165) is 153 Å². The molecule has 0 unspecified atom stereocenters. The smallest absolute Gasteiger partial charge is 0.340 e. The van der Waals surface area contributed by atoms with Crippen LogP contribution in [0.4, 0.5) is 22.7 Å². The van der Waals surface area contributed by atoms with Crippen molar-refractivity contribution < 1.29 is 55.0 Å². The lowest BCUT2D eigenvalue weighted by molar-refractivity contribution is 0.0224. The average Bonchev–Trinajstić information content (AvgIpc) is 1.40. The summed E-state index contributed by atoms with van der Waals surface area (Å²) in [6.07, 6.45) is 10.1. The number of aromatic hydroxyl groups is 2. The highest BCUT2D eigenvalue weighted by Gasteiger charge is 2.59. The molecule has 0 saturated carbocycles. The fraction of sp³-hybridized carbons (Fsp3) is 0.342. The van der Waals surface area contributed by atoms with Crippen LogP contribution in [0.3, 0.4) is 0 Å². The third-order valence-corrected chi connectivity index (χ3v) is 23.4. The number of ketones is 1. The second kappa shape index (κ2) is 23.6. The average molecular weight is 1300 g/mol. The van der Waals surface area contributed by atoms with Crippen molar-refractivity contribution in [3.8, 4) is 34.5 Å². The number of fused-ring (bicyclic) bond motifs is 14. The molecule has 2 spiro atoms. The monoisotopic (exact) mass is 1300 g/mol. The number of ether oxygens (including phenoxy) is 3. The van der Waals surface area contributed by atoms with Gasteiger partial charge < -0.3 is 44.9 Å². The van der Waals surface area contributed by atoms with Crippen molar-refractivity contribution in [1.82, 2.24) is 0 Å². The van der Waals surface area contributed by atoms with Crippen LogP contribution in [0.1, 0.15) is 157 Å². The zero-order valence-electron chi connectivity index (χ0n) is 53.4. The number of rotatable bonds is 14. The minimum absolute atomic E-state index is 0.0274. The van der Waals surface area contributed by atoms with Crippen molar-refractivity contribution in [2.45, 2.75) is 132 Å². The lowest BCUT2D eigenvalue weighted by Gasteiger charge is -2.45. The molecule has 4 N–H and O–H groups in total. The third kappa shape index (κ3) is 10.2. The van der Waals surface area contributed by atoms with Crippen LogP contribution < -0.4 is 29.9 Å². The Balaban J connectivity index is 0.000000158. The maximum Gasteiger partial charge on any atom is 0.340 e. The van der Waals surface area contributed by atoms with Crippen LogP contribution in [0.15, 0.2) is 131 Å². The molecule has 0 amide bonds. The molecule has 16 nitrogen and oxygen atoms in total. The van der Waals surface area contributed by atoms with Crippen molar-refractivity contribution in [1.29, 1.82) is 0 Å². The second-order valence-electron chi connectivity index (χ2n) is 26.2. The number of hydrogen-bond donors (Lipinski definition) is 4. The van der Waals surface area contributed by atoms with E-state index in [4.69, 9.17) is 18.4 Å². The molecule has 0 fully saturated rings. The Kier molecular flexibility index (Phi) is 15.4. The fourth-order valence-corrected chi connectivity index (χ4v) is 18.8. The number of carbonyl (C=O) groups excluding carboxylic acids is 2. The van der Waals surface area contributed by atoms with Gasteiger partial charge in [-0.05, 0) is 205 Å². The van der Waals surface area contributed by atoms with Gasteiger partial charge >= 0.3 is 5.97 Å². The highest BCUT2D eigenvalue weighted by atomic mass is 32.2. The predicted octanol–water partition coefficient (Wildman–Crippen LogP) is 14.0. The minimum atomic E-state index is -4.39. The van der Waals surface area contributed by atoms with Gasteiger partial charge in [0.25, 0.3) is 10.1 Å². The number of nitrogens with one attached hydrogen (secondary N) is 2. The molecule has 0 aliphatic carbocycles. The number of carbonyl (C=O) groups is 2. The van der Waals surface area contributed by atoms with Crippen LogP contribution in [0.5, 0.6) is 34.5 Å². The van der Waals surface area contributed by atoms with Crippen LogP contribution in [0.2, 0.25) is 0 Å². The van der Waals surface area contributed by atoms with E-state index in [1.54, 1.807) is 60.7 Å². The van der Waals surface area contributed by atoms with E-state index in [1.165, 1.54) is 28.6 Å². The molecule has 94 heavy (non-hydrogen) atoms. The molecule has 8 heterocycles. The van der Waals surface area contributed by atoms with Crippen LogP contribution in [-0.4, -0.2) is 83.8 Å². The first-order valence-electron chi connectivity index (χ1n) is 33.2. The zero-order valence-corrected chi connectivity index (χ0v) is 55.0. The van der Waals surface area contributed by atoms with Gasteiger partial charge in [-0.2, -0.15) is 8.42 Å². The number of sulfone groups is 1. The van der Waals surface area contributed by atoms with Gasteiger partial charge in [0.05, 0.1) is 16.2 Å². The quantitative estimate of drug-likeness (QED) is 0.0453. The molecule has 18 heteroatoms. The summed E-state index contributed by atoms with van der Waals surface area (Å²) in [6, 6.07) is 35.9. The number of esters is 1. The highest BCUT2D eigenvalue weighted by molar-refractivity contribution is 7.91. The van der Waals surface area contributed by atoms with Gasteiger partial charge in [-0.1, -0.05) is 42.5 Å². The topological polar surface area (TPSA) is 210 Å². The SMILES string of the molecule is CCNc1cc2c(cc1C)C1(OC(=O)c3cc(C(=O)CCCc4ccc(O)cc4)ccc31)c1cc(C)c(NCC)cc1O2.O=S(=O)(CCCc1ccc(O)cc1)c1ccc2c(c1)S(=O)(=O)OC21c2cc3c4c(c2Oc2c1cc1c5c2CCCN5CCC1)CCCN4CCC3. The summed E-state index contributed by atoms with van der Waals surface area (Å²) in [5, 5.41) is 25.9. The Morgan fingerprint density at radius 1 is 0.585 bits per heavy atom. The number of phenolic OH excluding ortho intramolecular Hbond substituents is 2. The number of nitrogens with zero attached hydrogens (tertiary/aromatic N) is 2. The van der Waals surface area contributed by atoms with Gasteiger partial charge in [-0.25, -0.2) is 17.4 Å². The predicted molar refractivity (Wildman–Crippen MR) is 362 cm³/mol. The minimum Gasteiger partial charge on any atom is -0.508 e. The van der Waals surface area contributed by atoms with E-state index >= 15 is 0 Å². The molecule has 0 radical (unpaired) electrons. The zero-order chi connectivity index (χ0) is 65.0. The normalized spacial score (nSPS) is 17.3. The van der Waals surface area contributed by atoms with Gasteiger partial charge in [0.2, 0.25) is 0 Å². The molecule has 8 aliphatic rings. The van der Waals surface area contributed by atoms with E-state index in [2.05, 4.69) is 32.6 Å². The number of hydrogen-bond acceptors (Lipinski definition) is 16. The number of benzene rings is 8. The van der Waals surface area contributed by atoms with E-state index in [0.29, 0.717) is 82.1 Å². The summed E-state index contributed by atoms with van der Waals surface area (Å²) in [5.41, 5.74) is 15.2. The molecule has 0 bridgehead atoms. The van der Waals surface area contributed by atoms with Crippen molar-refractivity contribution in [3.63, 3.8) is 0 Å². The van der Waals surface area contributed by atoms with Gasteiger partial charge in [0.1, 0.15) is 39.4 Å². The van der Waals surface area contributed by atoms with Crippen molar-refractivity contribution in [2.75, 3.05) is 65.5 Å². The first kappa shape index (κ1) is 61.3. The molecule has 16 rings (SSSR count). The summed E-state index contributed by atoms with van der Waals surface area (Å²) in [5.74, 6) is 2.38. The lowest BCUT2D eigenvalue weighted by atomic mass is 9.73.